The summed E-state index contributed by atoms with van der Waals surface area (Å²) in [5, 5.41) is 10.4. The van der Waals surface area contributed by atoms with Crippen LogP contribution in [0.5, 0.6) is 0 Å². The van der Waals surface area contributed by atoms with Crippen LogP contribution in [-0.4, -0.2) is 36.5 Å². The summed E-state index contributed by atoms with van der Waals surface area (Å²) in [6.45, 7) is 4.25. The van der Waals surface area contributed by atoms with Crippen molar-refractivity contribution in [3.05, 3.63) is 42.2 Å². The SMILES string of the molecule is c1ccc(N2CCOCC2)c(NCc2ccn[nH]2)c1. The smallest absolute Gasteiger partial charge is 0.0642 e. The molecule has 0 spiro atoms. The highest BCUT2D eigenvalue weighted by Gasteiger charge is 2.14. The standard InChI is InChI=1S/C14H18N4O/c1-2-4-14(18-7-9-19-10-8-18)13(3-1)15-11-12-5-6-16-17-12/h1-6,15H,7-11H2,(H,16,17). The molecule has 2 N–H and O–H groups in total. The molecular weight excluding hydrogens is 240 g/mol. The predicted octanol–water partition coefficient (Wildman–Crippen LogP) is 1.86. The third kappa shape index (κ3) is 2.88. The molecule has 0 saturated carbocycles. The minimum atomic E-state index is 0.751. The molecule has 100 valence electrons. The van der Waals surface area contributed by atoms with E-state index in [0.717, 1.165) is 44.2 Å². The summed E-state index contributed by atoms with van der Waals surface area (Å²) in [5.41, 5.74) is 3.47. The van der Waals surface area contributed by atoms with Gasteiger partial charge in [-0.2, -0.15) is 5.10 Å². The van der Waals surface area contributed by atoms with E-state index < -0.39 is 0 Å². The van der Waals surface area contributed by atoms with Gasteiger partial charge in [-0.05, 0) is 18.2 Å². The first-order chi connectivity index (χ1) is 9.43. The van der Waals surface area contributed by atoms with Crippen LogP contribution in [0.15, 0.2) is 36.5 Å². The second-order valence-electron chi connectivity index (χ2n) is 4.55. The molecule has 3 rings (SSSR count). The van der Waals surface area contributed by atoms with Crippen molar-refractivity contribution in [3.63, 3.8) is 0 Å². The van der Waals surface area contributed by atoms with Crippen molar-refractivity contribution in [3.8, 4) is 0 Å². The number of anilines is 2. The molecule has 1 saturated heterocycles. The maximum Gasteiger partial charge on any atom is 0.0642 e. The van der Waals surface area contributed by atoms with Crippen LogP contribution in [0.25, 0.3) is 0 Å². The van der Waals surface area contributed by atoms with Crippen molar-refractivity contribution in [2.75, 3.05) is 36.5 Å². The van der Waals surface area contributed by atoms with E-state index in [-0.39, 0.29) is 0 Å². The number of rotatable bonds is 4. The van der Waals surface area contributed by atoms with Crippen LogP contribution < -0.4 is 10.2 Å². The average molecular weight is 258 g/mol. The molecule has 1 aliphatic rings. The Morgan fingerprint density at radius 2 is 2.05 bits per heavy atom. The highest BCUT2D eigenvalue weighted by molar-refractivity contribution is 5.70. The van der Waals surface area contributed by atoms with E-state index >= 15 is 0 Å². The zero-order valence-corrected chi connectivity index (χ0v) is 10.8. The van der Waals surface area contributed by atoms with Crippen molar-refractivity contribution in [2.24, 2.45) is 0 Å². The maximum atomic E-state index is 5.40. The number of hydrogen-bond acceptors (Lipinski definition) is 4. The fourth-order valence-electron chi connectivity index (χ4n) is 2.28. The van der Waals surface area contributed by atoms with Gasteiger partial charge in [-0.3, -0.25) is 5.10 Å². The number of morpholine rings is 1. The van der Waals surface area contributed by atoms with Crippen LogP contribution >= 0.6 is 0 Å². The molecule has 1 aromatic heterocycles. The summed E-state index contributed by atoms with van der Waals surface area (Å²) >= 11 is 0. The fourth-order valence-corrected chi connectivity index (χ4v) is 2.28. The third-order valence-electron chi connectivity index (χ3n) is 3.28. The number of ether oxygens (including phenoxy) is 1. The topological polar surface area (TPSA) is 53.2 Å². The van der Waals surface area contributed by atoms with Gasteiger partial charge < -0.3 is 15.0 Å². The van der Waals surface area contributed by atoms with E-state index in [1.807, 2.05) is 6.07 Å². The number of para-hydroxylation sites is 2. The summed E-state index contributed by atoms with van der Waals surface area (Å²) in [6.07, 6.45) is 1.77. The molecule has 0 atom stereocenters. The summed E-state index contributed by atoms with van der Waals surface area (Å²) in [4.78, 5) is 2.36. The average Bonchev–Trinajstić information content (AvgIpc) is 3.00. The molecule has 2 aromatic rings. The Kier molecular flexibility index (Phi) is 3.65. The lowest BCUT2D eigenvalue weighted by Gasteiger charge is -2.30. The Morgan fingerprint density at radius 3 is 2.84 bits per heavy atom. The summed E-state index contributed by atoms with van der Waals surface area (Å²) in [5.74, 6) is 0. The Hall–Kier alpha value is -2.01. The van der Waals surface area contributed by atoms with Crippen LogP contribution in [0.1, 0.15) is 5.69 Å². The molecule has 5 heteroatoms. The van der Waals surface area contributed by atoms with Crippen LogP contribution in [0.2, 0.25) is 0 Å². The van der Waals surface area contributed by atoms with Crippen LogP contribution in [0, 0.1) is 0 Å². The lowest BCUT2D eigenvalue weighted by Crippen LogP contribution is -2.36. The molecule has 0 unspecified atom stereocenters. The summed E-state index contributed by atoms with van der Waals surface area (Å²) in [6, 6.07) is 10.4. The van der Waals surface area contributed by atoms with Crippen LogP contribution in [0.3, 0.4) is 0 Å². The van der Waals surface area contributed by atoms with Gasteiger partial charge in [-0.1, -0.05) is 12.1 Å². The molecule has 0 bridgehead atoms. The van der Waals surface area contributed by atoms with Gasteiger partial charge in [0.15, 0.2) is 0 Å². The Bertz CT molecular complexity index is 506. The monoisotopic (exact) mass is 258 g/mol. The van der Waals surface area contributed by atoms with E-state index in [1.54, 1.807) is 6.20 Å². The van der Waals surface area contributed by atoms with E-state index in [0.29, 0.717) is 0 Å². The lowest BCUT2D eigenvalue weighted by molar-refractivity contribution is 0.123. The van der Waals surface area contributed by atoms with Crippen LogP contribution in [-0.2, 0) is 11.3 Å². The highest BCUT2D eigenvalue weighted by Crippen LogP contribution is 2.26. The number of aromatic nitrogens is 2. The van der Waals surface area contributed by atoms with Crippen molar-refractivity contribution in [1.82, 2.24) is 10.2 Å². The van der Waals surface area contributed by atoms with Crippen molar-refractivity contribution in [1.29, 1.82) is 0 Å². The molecule has 0 radical (unpaired) electrons. The number of nitrogens with one attached hydrogen (secondary N) is 2. The second kappa shape index (κ2) is 5.75. The Morgan fingerprint density at radius 1 is 1.21 bits per heavy atom. The first-order valence-electron chi connectivity index (χ1n) is 6.57. The van der Waals surface area contributed by atoms with E-state index in [1.165, 1.54) is 5.69 Å². The lowest BCUT2D eigenvalue weighted by atomic mass is 10.2. The molecule has 0 amide bonds. The molecule has 2 heterocycles. The molecule has 0 aliphatic carbocycles. The second-order valence-corrected chi connectivity index (χ2v) is 4.55. The quantitative estimate of drug-likeness (QED) is 0.879. The molecular formula is C14H18N4O. The van der Waals surface area contributed by atoms with Gasteiger partial charge in [0.25, 0.3) is 0 Å². The largest absolute Gasteiger partial charge is 0.378 e. The number of nitrogens with zero attached hydrogens (tertiary/aromatic N) is 2. The molecule has 1 aromatic carbocycles. The summed E-state index contributed by atoms with van der Waals surface area (Å²) in [7, 11) is 0. The zero-order valence-electron chi connectivity index (χ0n) is 10.8. The minimum Gasteiger partial charge on any atom is -0.378 e. The van der Waals surface area contributed by atoms with Gasteiger partial charge in [0.1, 0.15) is 0 Å². The van der Waals surface area contributed by atoms with Crippen LogP contribution in [0.4, 0.5) is 11.4 Å². The van der Waals surface area contributed by atoms with Gasteiger partial charge in [0, 0.05) is 19.3 Å². The Labute approximate surface area is 112 Å². The van der Waals surface area contributed by atoms with Gasteiger partial charge >= 0.3 is 0 Å². The number of H-pyrrole nitrogens is 1. The van der Waals surface area contributed by atoms with E-state index in [9.17, 15) is 0 Å². The first kappa shape index (κ1) is 12.0. The molecule has 1 fully saturated rings. The third-order valence-corrected chi connectivity index (χ3v) is 3.28. The molecule has 1 aliphatic heterocycles. The van der Waals surface area contributed by atoms with E-state index in [4.69, 9.17) is 4.74 Å². The molecule has 5 nitrogen and oxygen atoms in total. The van der Waals surface area contributed by atoms with Crippen molar-refractivity contribution < 1.29 is 4.74 Å². The predicted molar refractivity (Wildman–Crippen MR) is 75.4 cm³/mol. The van der Waals surface area contributed by atoms with Gasteiger partial charge in [-0.15, -0.1) is 0 Å². The molecule has 19 heavy (non-hydrogen) atoms. The summed E-state index contributed by atoms with van der Waals surface area (Å²) < 4.78 is 5.40. The van der Waals surface area contributed by atoms with Crippen molar-refractivity contribution in [2.45, 2.75) is 6.54 Å². The van der Waals surface area contributed by atoms with Gasteiger partial charge in [0.05, 0.1) is 36.8 Å². The van der Waals surface area contributed by atoms with E-state index in [2.05, 4.69) is 44.7 Å². The fraction of sp³-hybridized carbons (Fsp3) is 0.357. The maximum absolute atomic E-state index is 5.40. The van der Waals surface area contributed by atoms with Crippen molar-refractivity contribution >= 4 is 11.4 Å². The number of hydrogen-bond donors (Lipinski definition) is 2. The number of benzene rings is 1. The minimum absolute atomic E-state index is 0.751. The number of aromatic amines is 1. The highest BCUT2D eigenvalue weighted by atomic mass is 16.5. The first-order valence-corrected chi connectivity index (χ1v) is 6.57. The Balaban J connectivity index is 1.73. The zero-order chi connectivity index (χ0) is 12.9. The normalized spacial score (nSPS) is 15.5. The van der Waals surface area contributed by atoms with Gasteiger partial charge in [-0.25, -0.2) is 0 Å². The van der Waals surface area contributed by atoms with Gasteiger partial charge in [0.2, 0.25) is 0 Å².